The molecule has 8 N–H and O–H groups in total. The van der Waals surface area contributed by atoms with Gasteiger partial charge in [-0.3, -0.25) is 0 Å². The predicted molar refractivity (Wildman–Crippen MR) is 117 cm³/mol. The van der Waals surface area contributed by atoms with Crippen LogP contribution in [0.4, 0.5) is 17.1 Å². The Morgan fingerprint density at radius 2 is 1.41 bits per heavy atom. The predicted octanol–water partition coefficient (Wildman–Crippen LogP) is 4.44. The molecular formula is C21H26N4OS. The first-order chi connectivity index (χ1) is 12.9. The molecule has 0 aliphatic rings. The maximum absolute atomic E-state index is 9.28. The summed E-state index contributed by atoms with van der Waals surface area (Å²) in [5, 5.41) is 9.28. The van der Waals surface area contributed by atoms with Gasteiger partial charge in [0.1, 0.15) is 5.75 Å². The van der Waals surface area contributed by atoms with E-state index in [9.17, 15) is 5.11 Å². The molecule has 0 unspecified atom stereocenters. The summed E-state index contributed by atoms with van der Waals surface area (Å²) in [7, 11) is 0. The topological polar surface area (TPSA) is 110 Å². The lowest BCUT2D eigenvalue weighted by atomic mass is 10.1. The van der Waals surface area contributed by atoms with Crippen molar-refractivity contribution in [2.45, 2.75) is 25.3 Å². The number of aromatic hydroxyl groups is 1. The fraction of sp³-hybridized carbons (Fsp3) is 0.143. The molecule has 0 fully saturated rings. The van der Waals surface area contributed by atoms with Crippen LogP contribution in [0.15, 0.2) is 65.6 Å². The van der Waals surface area contributed by atoms with Gasteiger partial charge in [0.25, 0.3) is 0 Å². The van der Waals surface area contributed by atoms with Crippen LogP contribution in [0.5, 0.6) is 5.75 Å². The molecule has 0 radical (unpaired) electrons. The molecule has 0 aliphatic carbocycles. The molecular weight excluding hydrogens is 356 g/mol. The van der Waals surface area contributed by atoms with Crippen LogP contribution in [0.3, 0.4) is 0 Å². The molecule has 3 aromatic carbocycles. The van der Waals surface area contributed by atoms with Gasteiger partial charge in [0.2, 0.25) is 0 Å². The molecule has 142 valence electrons. The summed E-state index contributed by atoms with van der Waals surface area (Å²) in [6.07, 6.45) is 0. The SMILES string of the molecule is Cc1cc(N)cc(C)c1O.NCc1ccc(NSc2ccc(N)cc2)cc1. The molecule has 0 aromatic heterocycles. The zero-order chi connectivity index (χ0) is 19.8. The van der Waals surface area contributed by atoms with E-state index in [1.807, 2.05) is 62.4 Å². The minimum Gasteiger partial charge on any atom is -0.507 e. The highest BCUT2D eigenvalue weighted by Gasteiger charge is 1.99. The summed E-state index contributed by atoms with van der Waals surface area (Å²) in [6.45, 7) is 4.24. The molecule has 0 bridgehead atoms. The van der Waals surface area contributed by atoms with Crippen molar-refractivity contribution >= 4 is 29.0 Å². The lowest BCUT2D eigenvalue weighted by Crippen LogP contribution is -1.95. The molecule has 0 heterocycles. The number of hydrogen-bond acceptors (Lipinski definition) is 6. The molecule has 0 atom stereocenters. The second-order valence-corrected chi connectivity index (χ2v) is 7.06. The van der Waals surface area contributed by atoms with Gasteiger partial charge in [-0.1, -0.05) is 12.1 Å². The molecule has 0 aliphatic heterocycles. The van der Waals surface area contributed by atoms with Gasteiger partial charge in [-0.25, -0.2) is 0 Å². The zero-order valence-corrected chi connectivity index (χ0v) is 16.4. The van der Waals surface area contributed by atoms with Gasteiger partial charge in [-0.15, -0.1) is 0 Å². The minimum absolute atomic E-state index is 0.342. The first kappa shape index (κ1) is 20.5. The lowest BCUT2D eigenvalue weighted by Gasteiger charge is -2.06. The van der Waals surface area contributed by atoms with Crippen LogP contribution in [0, 0.1) is 13.8 Å². The van der Waals surface area contributed by atoms with E-state index in [4.69, 9.17) is 17.2 Å². The van der Waals surface area contributed by atoms with Crippen molar-refractivity contribution in [3.8, 4) is 5.75 Å². The van der Waals surface area contributed by atoms with Gasteiger partial charge in [-0.05, 0) is 91.0 Å². The van der Waals surface area contributed by atoms with Gasteiger partial charge >= 0.3 is 0 Å². The number of benzene rings is 3. The summed E-state index contributed by atoms with van der Waals surface area (Å²) >= 11 is 1.56. The van der Waals surface area contributed by atoms with E-state index >= 15 is 0 Å². The standard InChI is InChI=1S/C13H15N3S.C8H11NO/c14-9-10-1-5-12(6-2-10)16-17-13-7-3-11(15)4-8-13;1-5-3-7(9)4-6(2)8(5)10/h1-8,16H,9,14-15H2;3-4,10H,9H2,1-2H3. The number of aryl methyl sites for hydroxylation is 2. The maximum Gasteiger partial charge on any atom is 0.121 e. The Morgan fingerprint density at radius 3 is 1.93 bits per heavy atom. The monoisotopic (exact) mass is 382 g/mol. The molecule has 0 amide bonds. The number of phenolic OH excluding ortho intramolecular Hbond substituents is 1. The van der Waals surface area contributed by atoms with Gasteiger partial charge in [0.15, 0.2) is 0 Å². The number of anilines is 3. The highest BCUT2D eigenvalue weighted by atomic mass is 32.2. The smallest absolute Gasteiger partial charge is 0.121 e. The third-order valence-corrected chi connectivity index (χ3v) is 4.72. The summed E-state index contributed by atoms with van der Waals surface area (Å²) in [5.74, 6) is 0.342. The van der Waals surface area contributed by atoms with Crippen molar-refractivity contribution in [2.24, 2.45) is 5.73 Å². The van der Waals surface area contributed by atoms with Gasteiger partial charge in [-0.2, -0.15) is 0 Å². The Hall–Kier alpha value is -2.83. The summed E-state index contributed by atoms with van der Waals surface area (Å²) in [4.78, 5) is 1.13. The zero-order valence-electron chi connectivity index (χ0n) is 15.6. The third kappa shape index (κ3) is 6.44. The van der Waals surface area contributed by atoms with Gasteiger partial charge in [0.05, 0.1) is 0 Å². The Bertz CT molecular complexity index is 841. The average molecular weight is 383 g/mol. The van der Waals surface area contributed by atoms with Crippen LogP contribution >= 0.6 is 11.9 Å². The van der Waals surface area contributed by atoms with Crippen molar-refractivity contribution in [1.82, 2.24) is 0 Å². The van der Waals surface area contributed by atoms with Crippen LogP contribution < -0.4 is 21.9 Å². The van der Waals surface area contributed by atoms with Crippen molar-refractivity contribution in [2.75, 3.05) is 16.2 Å². The lowest BCUT2D eigenvalue weighted by molar-refractivity contribution is 0.467. The summed E-state index contributed by atoms with van der Waals surface area (Å²) < 4.78 is 3.27. The van der Waals surface area contributed by atoms with E-state index in [2.05, 4.69) is 4.72 Å². The minimum atomic E-state index is 0.342. The molecule has 0 saturated carbocycles. The Kier molecular flexibility index (Phi) is 7.40. The first-order valence-electron chi connectivity index (χ1n) is 8.52. The average Bonchev–Trinajstić information content (AvgIpc) is 2.66. The second-order valence-electron chi connectivity index (χ2n) is 6.18. The molecule has 0 spiro atoms. The van der Waals surface area contributed by atoms with E-state index < -0.39 is 0 Å². The van der Waals surface area contributed by atoms with E-state index in [0.29, 0.717) is 18.0 Å². The quantitative estimate of drug-likeness (QED) is 0.259. The van der Waals surface area contributed by atoms with E-state index in [-0.39, 0.29) is 0 Å². The van der Waals surface area contributed by atoms with Crippen LogP contribution in [0.1, 0.15) is 16.7 Å². The van der Waals surface area contributed by atoms with E-state index in [1.165, 1.54) is 0 Å². The summed E-state index contributed by atoms with van der Waals surface area (Å²) in [5.41, 5.74) is 22.0. The molecule has 27 heavy (non-hydrogen) atoms. The Labute approximate surface area is 164 Å². The molecule has 3 rings (SSSR count). The number of nitrogens with one attached hydrogen (secondary N) is 1. The van der Waals surface area contributed by atoms with Crippen LogP contribution in [-0.2, 0) is 6.54 Å². The van der Waals surface area contributed by atoms with Crippen molar-refractivity contribution in [3.63, 3.8) is 0 Å². The highest BCUT2D eigenvalue weighted by molar-refractivity contribution is 8.00. The van der Waals surface area contributed by atoms with Crippen LogP contribution in [-0.4, -0.2) is 5.11 Å². The van der Waals surface area contributed by atoms with Gasteiger partial charge < -0.3 is 27.0 Å². The fourth-order valence-corrected chi connectivity index (χ4v) is 3.00. The van der Waals surface area contributed by atoms with Crippen molar-refractivity contribution < 1.29 is 5.11 Å². The van der Waals surface area contributed by atoms with Gasteiger partial charge in [0, 0.05) is 28.5 Å². The number of hydrogen-bond donors (Lipinski definition) is 5. The fourth-order valence-electron chi connectivity index (χ4n) is 2.35. The molecule has 6 heteroatoms. The molecule has 5 nitrogen and oxygen atoms in total. The van der Waals surface area contributed by atoms with Crippen LogP contribution in [0.2, 0.25) is 0 Å². The number of nitrogen functional groups attached to an aromatic ring is 2. The Balaban J connectivity index is 0.000000223. The van der Waals surface area contributed by atoms with E-state index in [1.54, 1.807) is 24.1 Å². The van der Waals surface area contributed by atoms with Crippen LogP contribution in [0.25, 0.3) is 0 Å². The second kappa shape index (κ2) is 9.75. The largest absolute Gasteiger partial charge is 0.507 e. The van der Waals surface area contributed by atoms with Crippen molar-refractivity contribution in [1.29, 1.82) is 0 Å². The highest BCUT2D eigenvalue weighted by Crippen LogP contribution is 2.23. The third-order valence-electron chi connectivity index (χ3n) is 3.87. The normalized spacial score (nSPS) is 10.0. The number of nitrogens with two attached hydrogens (primary N) is 3. The number of rotatable bonds is 4. The number of phenols is 1. The Morgan fingerprint density at radius 1 is 0.852 bits per heavy atom. The summed E-state index contributed by atoms with van der Waals surface area (Å²) in [6, 6.07) is 19.3. The molecule has 0 saturated heterocycles. The first-order valence-corrected chi connectivity index (χ1v) is 9.33. The van der Waals surface area contributed by atoms with Crippen molar-refractivity contribution in [3.05, 3.63) is 77.4 Å². The van der Waals surface area contributed by atoms with E-state index in [0.717, 1.165) is 33.0 Å². The molecule has 3 aromatic rings. The maximum atomic E-state index is 9.28.